The highest BCUT2D eigenvalue weighted by atomic mass is 35.5. The molecule has 1 aromatic heterocycles. The maximum absolute atomic E-state index is 10.3. The molecule has 0 saturated heterocycles. The van der Waals surface area contributed by atoms with E-state index in [1.807, 2.05) is 49.4 Å². The smallest absolute Gasteiger partial charge is 0.122 e. The van der Waals surface area contributed by atoms with Crippen molar-refractivity contribution in [2.45, 2.75) is 26.0 Å². The van der Waals surface area contributed by atoms with Crippen molar-refractivity contribution in [3.05, 3.63) is 66.2 Å². The number of aliphatic hydroxyl groups excluding tert-OH is 1. The van der Waals surface area contributed by atoms with Gasteiger partial charge in [0.1, 0.15) is 24.0 Å². The Labute approximate surface area is 153 Å². The van der Waals surface area contributed by atoms with Crippen molar-refractivity contribution in [1.29, 1.82) is 0 Å². The van der Waals surface area contributed by atoms with Gasteiger partial charge in [0.2, 0.25) is 0 Å². The number of aryl methyl sites for hydroxylation is 1. The lowest BCUT2D eigenvalue weighted by Gasteiger charge is -2.15. The van der Waals surface area contributed by atoms with Gasteiger partial charge in [0.25, 0.3) is 0 Å². The van der Waals surface area contributed by atoms with Crippen LogP contribution in [0.25, 0.3) is 11.0 Å². The van der Waals surface area contributed by atoms with Crippen molar-refractivity contribution in [1.82, 2.24) is 15.0 Å². The Balaban J connectivity index is 0.00000225. The molecule has 5 nitrogen and oxygen atoms in total. The first-order valence-electron chi connectivity index (χ1n) is 7.97. The number of para-hydroxylation sites is 1. The first kappa shape index (κ1) is 19.0. The maximum atomic E-state index is 10.3. The quantitative estimate of drug-likeness (QED) is 0.657. The third kappa shape index (κ3) is 4.59. The third-order valence-electron chi connectivity index (χ3n) is 3.82. The molecule has 0 bridgehead atoms. The van der Waals surface area contributed by atoms with Crippen LogP contribution in [0.15, 0.2) is 55.1 Å². The van der Waals surface area contributed by atoms with E-state index in [4.69, 9.17) is 4.74 Å². The van der Waals surface area contributed by atoms with Crippen molar-refractivity contribution in [3.8, 4) is 5.75 Å². The van der Waals surface area contributed by atoms with E-state index >= 15 is 0 Å². The van der Waals surface area contributed by atoms with E-state index in [1.165, 1.54) is 5.56 Å². The summed E-state index contributed by atoms with van der Waals surface area (Å²) < 4.78 is 7.51. The molecule has 0 spiro atoms. The number of rotatable bonds is 7. The Kier molecular flexibility index (Phi) is 6.56. The molecule has 2 aromatic carbocycles. The van der Waals surface area contributed by atoms with Crippen molar-refractivity contribution in [3.63, 3.8) is 0 Å². The number of halogens is 1. The number of allylic oxidation sites excluding steroid dienone is 1. The van der Waals surface area contributed by atoms with Gasteiger partial charge in [-0.05, 0) is 37.1 Å². The summed E-state index contributed by atoms with van der Waals surface area (Å²) in [6, 6.07) is 13.7. The van der Waals surface area contributed by atoms with Crippen LogP contribution in [0.3, 0.4) is 0 Å². The molecule has 1 unspecified atom stereocenters. The molecule has 0 fully saturated rings. The minimum atomic E-state index is -0.673. The van der Waals surface area contributed by atoms with Crippen LogP contribution in [0.1, 0.15) is 11.1 Å². The summed E-state index contributed by atoms with van der Waals surface area (Å²) in [5.41, 5.74) is 3.97. The molecule has 1 atom stereocenters. The molecule has 3 rings (SSSR count). The van der Waals surface area contributed by atoms with Crippen LogP contribution in [0.4, 0.5) is 0 Å². The number of hydrogen-bond acceptors (Lipinski definition) is 4. The summed E-state index contributed by atoms with van der Waals surface area (Å²) in [5, 5.41) is 18.5. The SMILES string of the molecule is C=CCc1cc(C)ccc1OCC(O)Cn1nnc2ccccc21.Cl. The average molecular weight is 360 g/mol. The molecule has 0 amide bonds. The number of aliphatic hydroxyl groups is 1. The number of ether oxygens (including phenoxy) is 1. The molecule has 0 aliphatic rings. The zero-order valence-corrected chi connectivity index (χ0v) is 14.9. The topological polar surface area (TPSA) is 60.2 Å². The molecule has 0 aliphatic carbocycles. The van der Waals surface area contributed by atoms with Gasteiger partial charge < -0.3 is 9.84 Å². The van der Waals surface area contributed by atoms with Gasteiger partial charge in [0.05, 0.1) is 12.1 Å². The number of hydrogen-bond donors (Lipinski definition) is 1. The fourth-order valence-electron chi connectivity index (χ4n) is 2.65. The average Bonchev–Trinajstić information content (AvgIpc) is 2.98. The second-order valence-corrected chi connectivity index (χ2v) is 5.83. The largest absolute Gasteiger partial charge is 0.491 e. The zero-order valence-electron chi connectivity index (χ0n) is 14.1. The van der Waals surface area contributed by atoms with E-state index < -0.39 is 6.10 Å². The fourth-order valence-corrected chi connectivity index (χ4v) is 2.65. The Morgan fingerprint density at radius 2 is 2.08 bits per heavy atom. The molecule has 25 heavy (non-hydrogen) atoms. The number of nitrogens with zero attached hydrogens (tertiary/aromatic N) is 3. The second kappa shape index (κ2) is 8.65. The van der Waals surface area contributed by atoms with Crippen LogP contribution in [0.2, 0.25) is 0 Å². The summed E-state index contributed by atoms with van der Waals surface area (Å²) >= 11 is 0. The Bertz CT molecular complexity index is 848. The fraction of sp³-hybridized carbons (Fsp3) is 0.263. The number of aromatic nitrogens is 3. The van der Waals surface area contributed by atoms with E-state index in [0.29, 0.717) is 6.54 Å². The van der Waals surface area contributed by atoms with Gasteiger partial charge in [0, 0.05) is 0 Å². The van der Waals surface area contributed by atoms with Crippen molar-refractivity contribution >= 4 is 23.4 Å². The number of fused-ring (bicyclic) bond motifs is 1. The van der Waals surface area contributed by atoms with Crippen molar-refractivity contribution in [2.24, 2.45) is 0 Å². The molecule has 0 radical (unpaired) electrons. The van der Waals surface area contributed by atoms with Crippen LogP contribution < -0.4 is 4.74 Å². The summed E-state index contributed by atoms with van der Waals surface area (Å²) in [6.45, 7) is 6.35. The third-order valence-corrected chi connectivity index (χ3v) is 3.82. The normalized spacial score (nSPS) is 11.8. The Hall–Kier alpha value is -2.37. The van der Waals surface area contributed by atoms with E-state index in [-0.39, 0.29) is 19.0 Å². The monoisotopic (exact) mass is 359 g/mol. The highest BCUT2D eigenvalue weighted by molar-refractivity contribution is 5.85. The zero-order chi connectivity index (χ0) is 16.9. The van der Waals surface area contributed by atoms with Gasteiger partial charge in [-0.25, -0.2) is 4.68 Å². The van der Waals surface area contributed by atoms with Gasteiger partial charge in [0.15, 0.2) is 0 Å². The maximum Gasteiger partial charge on any atom is 0.122 e. The van der Waals surface area contributed by atoms with Gasteiger partial charge in [-0.1, -0.05) is 41.1 Å². The van der Waals surface area contributed by atoms with E-state index in [0.717, 1.165) is 28.8 Å². The molecule has 0 aliphatic heterocycles. The minimum absolute atomic E-state index is 0. The van der Waals surface area contributed by atoms with Crippen LogP contribution >= 0.6 is 12.4 Å². The molecule has 6 heteroatoms. The van der Waals surface area contributed by atoms with E-state index in [1.54, 1.807) is 4.68 Å². The van der Waals surface area contributed by atoms with Gasteiger partial charge in [-0.2, -0.15) is 0 Å². The van der Waals surface area contributed by atoms with Crippen molar-refractivity contribution in [2.75, 3.05) is 6.61 Å². The molecular weight excluding hydrogens is 338 g/mol. The van der Waals surface area contributed by atoms with E-state index in [9.17, 15) is 5.11 Å². The molecule has 3 aromatic rings. The molecule has 1 N–H and O–H groups in total. The summed E-state index contributed by atoms with van der Waals surface area (Å²) in [4.78, 5) is 0. The Morgan fingerprint density at radius 3 is 2.88 bits per heavy atom. The highest BCUT2D eigenvalue weighted by Gasteiger charge is 2.12. The summed E-state index contributed by atoms with van der Waals surface area (Å²) in [7, 11) is 0. The van der Waals surface area contributed by atoms with Gasteiger partial charge in [-0.3, -0.25) is 0 Å². The molecular formula is C19H22ClN3O2. The van der Waals surface area contributed by atoms with Gasteiger partial charge >= 0.3 is 0 Å². The standard InChI is InChI=1S/C19H21N3O2.ClH/c1-3-6-15-11-14(2)9-10-19(15)24-13-16(23)12-22-18-8-5-4-7-17(18)20-21-22;/h3-5,7-11,16,23H,1,6,12-13H2,2H3;1H. The Morgan fingerprint density at radius 1 is 1.28 bits per heavy atom. The van der Waals surface area contributed by atoms with Crippen molar-refractivity contribution < 1.29 is 9.84 Å². The first-order chi connectivity index (χ1) is 11.7. The summed E-state index contributed by atoms with van der Waals surface area (Å²) in [5.74, 6) is 0.781. The number of benzene rings is 2. The lowest BCUT2D eigenvalue weighted by Crippen LogP contribution is -2.24. The lowest BCUT2D eigenvalue weighted by molar-refractivity contribution is 0.0895. The predicted molar refractivity (Wildman–Crippen MR) is 101 cm³/mol. The molecule has 1 heterocycles. The minimum Gasteiger partial charge on any atom is -0.491 e. The predicted octanol–water partition coefficient (Wildman–Crippen LogP) is 3.33. The molecule has 132 valence electrons. The second-order valence-electron chi connectivity index (χ2n) is 5.83. The lowest BCUT2D eigenvalue weighted by atomic mass is 10.1. The van der Waals surface area contributed by atoms with Crippen LogP contribution in [0.5, 0.6) is 5.75 Å². The van der Waals surface area contributed by atoms with Crippen LogP contribution in [-0.2, 0) is 13.0 Å². The van der Waals surface area contributed by atoms with E-state index in [2.05, 4.69) is 23.0 Å². The van der Waals surface area contributed by atoms with Crippen LogP contribution in [-0.4, -0.2) is 32.8 Å². The summed E-state index contributed by atoms with van der Waals surface area (Å²) in [6.07, 6.45) is 1.91. The molecule has 0 saturated carbocycles. The van der Waals surface area contributed by atoms with Crippen LogP contribution in [0, 0.1) is 6.92 Å². The first-order valence-corrected chi connectivity index (χ1v) is 7.97. The van der Waals surface area contributed by atoms with Gasteiger partial charge in [-0.15, -0.1) is 24.1 Å². The highest BCUT2D eigenvalue weighted by Crippen LogP contribution is 2.21.